The summed E-state index contributed by atoms with van der Waals surface area (Å²) < 4.78 is 78.2. The minimum Gasteiger partial charge on any atom is -0.355 e. The first kappa shape index (κ1) is 49.4. The molecule has 7 heterocycles. The Bertz CT molecular complexity index is 3090. The van der Waals surface area contributed by atoms with E-state index >= 15 is 0 Å². The quantitative estimate of drug-likeness (QED) is 0.0972. The van der Waals surface area contributed by atoms with Crippen LogP contribution in [0.1, 0.15) is 49.7 Å². The van der Waals surface area contributed by atoms with Gasteiger partial charge in [0.2, 0.25) is 0 Å². The summed E-state index contributed by atoms with van der Waals surface area (Å²) >= 11 is 5.79. The first-order valence-corrected chi connectivity index (χ1v) is 22.9. The number of rotatable bonds is 14. The van der Waals surface area contributed by atoms with Gasteiger partial charge in [0.05, 0.1) is 48.0 Å². The zero-order chi connectivity index (χ0) is 49.6. The number of ketones is 2. The number of hydrogen-bond acceptors (Lipinski definition) is 10. The molecule has 70 heavy (non-hydrogen) atoms. The summed E-state index contributed by atoms with van der Waals surface area (Å²) in [6.45, 7) is 1.92. The number of aromatic nitrogens is 8. The molecular weight excluding hydrogens is 934 g/mol. The fourth-order valence-electron chi connectivity index (χ4n) is 8.31. The number of piperidine rings is 1. The first-order valence-electron chi connectivity index (χ1n) is 22.5. The van der Waals surface area contributed by atoms with E-state index in [4.69, 9.17) is 11.6 Å². The lowest BCUT2D eigenvalue weighted by atomic mass is 10.0. The predicted octanol–water partition coefficient (Wildman–Crippen LogP) is 11.0. The van der Waals surface area contributed by atoms with Crippen molar-refractivity contribution < 1.29 is 35.9 Å². The first-order chi connectivity index (χ1) is 33.4. The van der Waals surface area contributed by atoms with Crippen LogP contribution < -0.4 is 4.90 Å². The molecule has 8 aromatic rings. The average Bonchev–Trinajstić information content (AvgIpc) is 3.97. The molecule has 9 rings (SSSR count). The number of carbonyl (C=O) groups excluding carboxylic acids is 2. The molecule has 1 aliphatic rings. The van der Waals surface area contributed by atoms with Gasteiger partial charge < -0.3 is 9.80 Å². The van der Waals surface area contributed by atoms with Gasteiger partial charge in [-0.2, -0.15) is 26.3 Å². The molecule has 1 aliphatic heterocycles. The minimum absolute atomic E-state index is 0.0346. The van der Waals surface area contributed by atoms with Crippen molar-refractivity contribution in [3.8, 4) is 45.0 Å². The highest BCUT2D eigenvalue weighted by Gasteiger charge is 2.29. The van der Waals surface area contributed by atoms with Crippen LogP contribution in [-0.2, 0) is 22.4 Å². The highest BCUT2D eigenvalue weighted by molar-refractivity contribution is 6.29. The van der Waals surface area contributed by atoms with Crippen LogP contribution in [0.2, 0.25) is 5.15 Å². The van der Waals surface area contributed by atoms with Crippen LogP contribution in [0.25, 0.3) is 56.3 Å². The van der Waals surface area contributed by atoms with E-state index in [2.05, 4.69) is 54.3 Å². The van der Waals surface area contributed by atoms with Crippen molar-refractivity contribution in [1.29, 1.82) is 0 Å². The summed E-state index contributed by atoms with van der Waals surface area (Å²) in [5.41, 5.74) is 9.17. The van der Waals surface area contributed by atoms with E-state index in [9.17, 15) is 35.9 Å². The molecule has 362 valence electrons. The highest BCUT2D eigenvalue weighted by Crippen LogP contribution is 2.30. The SMILES string of the molecule is CN(C)C1CCN(c2ccc(-c3ccn4c(-c5cccc(CC(=O)CCC(F)(F)F)c5)cnc4c3)nn2)CC1.O=C(CCC(F)(F)F)Cc1cccc(-c2cnc3cc(-c4ccc(Cl)nn4)ccn23)c1. The number of hydrogen-bond donors (Lipinski definition) is 0. The van der Waals surface area contributed by atoms with Crippen molar-refractivity contribution in [2.45, 2.75) is 69.8 Å². The Labute approximate surface area is 404 Å². The molecule has 0 spiro atoms. The normalized spacial score (nSPS) is 13.5. The zero-order valence-electron chi connectivity index (χ0n) is 38.1. The lowest BCUT2D eigenvalue weighted by molar-refractivity contribution is -0.143. The molecule has 0 unspecified atom stereocenters. The van der Waals surface area contributed by atoms with E-state index in [-0.39, 0.29) is 12.8 Å². The Balaban J connectivity index is 0.000000193. The summed E-state index contributed by atoms with van der Waals surface area (Å²) in [5, 5.41) is 17.2. The molecule has 0 aliphatic carbocycles. The molecule has 0 N–H and O–H groups in total. The van der Waals surface area contributed by atoms with Crippen LogP contribution in [0.5, 0.6) is 0 Å². The number of pyridine rings is 2. The predicted molar refractivity (Wildman–Crippen MR) is 255 cm³/mol. The van der Waals surface area contributed by atoms with Crippen LogP contribution in [0.3, 0.4) is 0 Å². The van der Waals surface area contributed by atoms with Gasteiger partial charge in [-0.3, -0.25) is 18.4 Å². The Morgan fingerprint density at radius 2 is 1.10 bits per heavy atom. The molecule has 6 aromatic heterocycles. The van der Waals surface area contributed by atoms with Gasteiger partial charge >= 0.3 is 12.4 Å². The number of anilines is 1. The van der Waals surface area contributed by atoms with Gasteiger partial charge in [-0.15, -0.1) is 20.4 Å². The van der Waals surface area contributed by atoms with Gasteiger partial charge in [0.25, 0.3) is 0 Å². The van der Waals surface area contributed by atoms with Gasteiger partial charge in [-0.25, -0.2) is 9.97 Å². The lowest BCUT2D eigenvalue weighted by Gasteiger charge is -2.35. The van der Waals surface area contributed by atoms with Crippen LogP contribution in [-0.4, -0.2) is 101 Å². The Kier molecular flexibility index (Phi) is 15.0. The lowest BCUT2D eigenvalue weighted by Crippen LogP contribution is -2.42. The summed E-state index contributed by atoms with van der Waals surface area (Å²) in [6.07, 6.45) is -2.53. The van der Waals surface area contributed by atoms with Gasteiger partial charge in [0.15, 0.2) is 11.0 Å². The van der Waals surface area contributed by atoms with Crippen molar-refractivity contribution in [2.24, 2.45) is 0 Å². The molecule has 0 atom stereocenters. The van der Waals surface area contributed by atoms with E-state index in [0.29, 0.717) is 33.7 Å². The summed E-state index contributed by atoms with van der Waals surface area (Å²) in [7, 11) is 4.25. The maximum Gasteiger partial charge on any atom is 0.389 e. The fraction of sp³-hybridized carbons (Fsp3) is 0.294. The second-order valence-electron chi connectivity index (χ2n) is 17.3. The number of carbonyl (C=O) groups is 2. The maximum atomic E-state index is 12.4. The molecule has 0 saturated carbocycles. The van der Waals surface area contributed by atoms with Crippen LogP contribution in [0.4, 0.5) is 32.2 Å². The molecule has 2 aromatic carbocycles. The fourth-order valence-corrected chi connectivity index (χ4v) is 8.41. The van der Waals surface area contributed by atoms with E-state index < -0.39 is 49.6 Å². The van der Waals surface area contributed by atoms with Crippen molar-refractivity contribution >= 4 is 40.3 Å². The molecule has 19 heteroatoms. The third kappa shape index (κ3) is 12.8. The van der Waals surface area contributed by atoms with Crippen molar-refractivity contribution in [3.63, 3.8) is 0 Å². The highest BCUT2D eigenvalue weighted by atomic mass is 35.5. The number of benzene rings is 2. The molecule has 0 amide bonds. The van der Waals surface area contributed by atoms with E-state index in [1.165, 1.54) is 0 Å². The third-order valence-electron chi connectivity index (χ3n) is 12.0. The van der Waals surface area contributed by atoms with Crippen LogP contribution >= 0.6 is 11.6 Å². The zero-order valence-corrected chi connectivity index (χ0v) is 38.9. The van der Waals surface area contributed by atoms with Gasteiger partial charge in [-0.05, 0) is 98.7 Å². The monoisotopic (exact) mass is 980 g/mol. The Morgan fingerprint density at radius 3 is 1.53 bits per heavy atom. The Hall–Kier alpha value is -7.05. The van der Waals surface area contributed by atoms with E-state index in [1.807, 2.05) is 75.8 Å². The molecule has 1 saturated heterocycles. The smallest absolute Gasteiger partial charge is 0.355 e. The molecular formula is C51H47ClF6N10O2. The average molecular weight is 981 g/mol. The number of fused-ring (bicyclic) bond motifs is 2. The number of Topliss-reactive ketones (excluding diaryl/α,β-unsaturated/α-hetero) is 2. The summed E-state index contributed by atoms with van der Waals surface area (Å²) in [6, 6.07) is 30.1. The molecule has 0 bridgehead atoms. The number of alkyl halides is 6. The summed E-state index contributed by atoms with van der Waals surface area (Å²) in [4.78, 5) is 37.5. The van der Waals surface area contributed by atoms with Gasteiger partial charge in [-0.1, -0.05) is 48.0 Å². The standard InChI is InChI=1S/C29H31F3N6O.C22H16ClF3N4O/c1-36(2)23-10-13-37(14-11-23)27-7-6-25(34-35-27)21-9-15-38-26(19-33-28(38)18-21)22-5-3-4-20(16-22)17-24(39)8-12-29(30,31)32;23-20-5-4-18(28-29-20)15-7-9-30-19(13-27-21(30)12-15)16-3-1-2-14(10-16)11-17(31)6-8-22(24,25)26/h3-7,9,15-16,18-19,23H,8,10-14,17H2,1-2H3;1-5,7,9-10,12-13H,6,8,11H2. The topological polar surface area (TPSA) is 127 Å². The van der Waals surface area contributed by atoms with Crippen molar-refractivity contribution in [3.05, 3.63) is 138 Å². The van der Waals surface area contributed by atoms with E-state index in [0.717, 1.165) is 76.7 Å². The molecule has 0 radical (unpaired) electrons. The van der Waals surface area contributed by atoms with Crippen molar-refractivity contribution in [2.75, 3.05) is 32.1 Å². The maximum absolute atomic E-state index is 12.4. The van der Waals surface area contributed by atoms with Gasteiger partial charge in [0.1, 0.15) is 22.9 Å². The minimum atomic E-state index is -4.33. The number of nitrogens with zero attached hydrogens (tertiary/aromatic N) is 10. The van der Waals surface area contributed by atoms with Crippen molar-refractivity contribution in [1.82, 2.24) is 44.1 Å². The van der Waals surface area contributed by atoms with E-state index in [1.54, 1.807) is 54.9 Å². The summed E-state index contributed by atoms with van der Waals surface area (Å²) in [5.74, 6) is 0.00988. The Morgan fingerprint density at radius 1 is 0.614 bits per heavy atom. The van der Waals surface area contributed by atoms with Crippen LogP contribution in [0, 0.1) is 0 Å². The number of halogens is 7. The van der Waals surface area contributed by atoms with Gasteiger partial charge in [0, 0.05) is 79.5 Å². The van der Waals surface area contributed by atoms with Crippen LogP contribution in [0.15, 0.2) is 122 Å². The number of imidazole rings is 2. The molecule has 12 nitrogen and oxygen atoms in total. The molecule has 1 fully saturated rings. The second kappa shape index (κ2) is 21.3. The largest absolute Gasteiger partial charge is 0.389 e. The third-order valence-corrected chi connectivity index (χ3v) is 12.2. The second-order valence-corrected chi connectivity index (χ2v) is 17.7.